The monoisotopic (exact) mass is 367 g/mol. The number of fused-ring (bicyclic) bond motifs is 3. The van der Waals surface area contributed by atoms with E-state index < -0.39 is 0 Å². The minimum atomic E-state index is -0.0777. The molecule has 4 aliphatic rings. The minimum absolute atomic E-state index is 0.0777. The van der Waals surface area contributed by atoms with Crippen molar-refractivity contribution >= 4 is 11.6 Å². The molecule has 146 valence electrons. The Morgan fingerprint density at radius 2 is 2.22 bits per heavy atom. The molecule has 0 aromatic heterocycles. The first-order chi connectivity index (χ1) is 13.1. The lowest BCUT2D eigenvalue weighted by Crippen LogP contribution is -2.42. The molecule has 0 spiro atoms. The zero-order valence-corrected chi connectivity index (χ0v) is 16.5. The van der Waals surface area contributed by atoms with Crippen LogP contribution in [0.15, 0.2) is 40.6 Å². The number of nitrogens with zero attached hydrogens (tertiary/aromatic N) is 1. The first-order valence-electron chi connectivity index (χ1n) is 10.7. The van der Waals surface area contributed by atoms with Crippen molar-refractivity contribution in [3.8, 4) is 0 Å². The van der Waals surface area contributed by atoms with Crippen molar-refractivity contribution in [3.63, 3.8) is 0 Å². The Kier molecular flexibility index (Phi) is 5.25. The maximum absolute atomic E-state index is 13.0. The summed E-state index contributed by atoms with van der Waals surface area (Å²) in [7, 11) is 1.73. The molecule has 0 radical (unpaired) electrons. The number of amides is 1. The lowest BCUT2D eigenvalue weighted by atomic mass is 9.67. The Morgan fingerprint density at radius 3 is 2.96 bits per heavy atom. The van der Waals surface area contributed by atoms with Gasteiger partial charge in [-0.1, -0.05) is 31.1 Å². The number of carbonyl (C=O) groups is 1. The van der Waals surface area contributed by atoms with Crippen molar-refractivity contribution in [1.82, 2.24) is 5.32 Å². The third-order valence-corrected chi connectivity index (χ3v) is 7.22. The SMILES string of the molecule is CN=C(C1=CCCC=C1)C(=CN)C(=O)NCC12CCCC(CC3CC3C1)C2. The molecule has 27 heavy (non-hydrogen) atoms. The number of nitrogens with one attached hydrogen (secondary N) is 1. The number of hydrogen-bond donors (Lipinski definition) is 2. The molecule has 4 atom stereocenters. The summed E-state index contributed by atoms with van der Waals surface area (Å²) < 4.78 is 0. The fourth-order valence-electron chi connectivity index (χ4n) is 5.85. The summed E-state index contributed by atoms with van der Waals surface area (Å²) in [6.45, 7) is 0.786. The Morgan fingerprint density at radius 1 is 1.33 bits per heavy atom. The summed E-state index contributed by atoms with van der Waals surface area (Å²) in [6, 6.07) is 0. The summed E-state index contributed by atoms with van der Waals surface area (Å²) >= 11 is 0. The van der Waals surface area contributed by atoms with Gasteiger partial charge in [-0.15, -0.1) is 0 Å². The number of aliphatic imine (C=N–C) groups is 1. The van der Waals surface area contributed by atoms with E-state index in [2.05, 4.69) is 22.5 Å². The quantitative estimate of drug-likeness (QED) is 0.572. The predicted octanol–water partition coefficient (Wildman–Crippen LogP) is 3.90. The Hall–Kier alpha value is -1.84. The second-order valence-electron chi connectivity index (χ2n) is 9.13. The van der Waals surface area contributed by atoms with Crippen LogP contribution >= 0.6 is 0 Å². The molecule has 0 aliphatic heterocycles. The van der Waals surface area contributed by atoms with Crippen LogP contribution in [0.2, 0.25) is 0 Å². The molecule has 1 amide bonds. The van der Waals surface area contributed by atoms with Crippen molar-refractivity contribution in [2.45, 2.75) is 57.8 Å². The molecule has 0 saturated heterocycles. The van der Waals surface area contributed by atoms with E-state index >= 15 is 0 Å². The lowest BCUT2D eigenvalue weighted by molar-refractivity contribution is -0.117. The Balaban J connectivity index is 1.44. The van der Waals surface area contributed by atoms with E-state index in [-0.39, 0.29) is 5.91 Å². The molecule has 0 aromatic carbocycles. The van der Waals surface area contributed by atoms with E-state index in [1.54, 1.807) is 7.05 Å². The van der Waals surface area contributed by atoms with Crippen molar-refractivity contribution < 1.29 is 4.79 Å². The third-order valence-electron chi connectivity index (χ3n) is 7.22. The van der Waals surface area contributed by atoms with Crippen LogP contribution in [-0.4, -0.2) is 25.2 Å². The molecular formula is C23H33N3O. The van der Waals surface area contributed by atoms with Gasteiger partial charge in [0.15, 0.2) is 0 Å². The third kappa shape index (κ3) is 3.90. The molecule has 4 heteroatoms. The minimum Gasteiger partial charge on any atom is -0.404 e. The highest BCUT2D eigenvalue weighted by atomic mass is 16.1. The van der Waals surface area contributed by atoms with Crippen LogP contribution in [0.1, 0.15) is 57.8 Å². The summed E-state index contributed by atoms with van der Waals surface area (Å²) in [6.07, 6.45) is 19.2. The summed E-state index contributed by atoms with van der Waals surface area (Å²) in [4.78, 5) is 17.4. The van der Waals surface area contributed by atoms with E-state index in [4.69, 9.17) is 5.73 Å². The van der Waals surface area contributed by atoms with Crippen LogP contribution in [0.4, 0.5) is 0 Å². The Labute approximate surface area is 163 Å². The average Bonchev–Trinajstić information content (AvgIpc) is 3.42. The van der Waals surface area contributed by atoms with Crippen LogP contribution in [0.3, 0.4) is 0 Å². The highest BCUT2D eigenvalue weighted by molar-refractivity contribution is 6.28. The maximum Gasteiger partial charge on any atom is 0.254 e. The van der Waals surface area contributed by atoms with Gasteiger partial charge in [0, 0.05) is 19.8 Å². The van der Waals surface area contributed by atoms with Gasteiger partial charge in [-0.3, -0.25) is 9.79 Å². The first kappa shape index (κ1) is 18.5. The van der Waals surface area contributed by atoms with Gasteiger partial charge in [-0.05, 0) is 73.7 Å². The number of hydrogen-bond acceptors (Lipinski definition) is 3. The fraction of sp³-hybridized carbons (Fsp3) is 0.652. The van der Waals surface area contributed by atoms with Crippen molar-refractivity contribution in [1.29, 1.82) is 0 Å². The normalized spacial score (nSPS) is 35.7. The second kappa shape index (κ2) is 7.65. The molecular weight excluding hydrogens is 334 g/mol. The summed E-state index contributed by atoms with van der Waals surface area (Å²) in [5.74, 6) is 2.70. The van der Waals surface area contributed by atoms with Crippen molar-refractivity contribution in [2.75, 3.05) is 13.6 Å². The number of rotatable bonds is 5. The molecule has 3 fully saturated rings. The molecule has 4 rings (SSSR count). The molecule has 3 saturated carbocycles. The zero-order chi connectivity index (χ0) is 18.9. The molecule has 0 aromatic rings. The van der Waals surface area contributed by atoms with E-state index in [1.807, 2.05) is 6.08 Å². The molecule has 4 unspecified atom stereocenters. The van der Waals surface area contributed by atoms with Gasteiger partial charge in [-0.25, -0.2) is 0 Å². The second-order valence-corrected chi connectivity index (χ2v) is 9.13. The van der Waals surface area contributed by atoms with E-state index in [0.717, 1.165) is 42.7 Å². The van der Waals surface area contributed by atoms with Crippen LogP contribution in [-0.2, 0) is 4.79 Å². The predicted molar refractivity (Wildman–Crippen MR) is 110 cm³/mol. The number of nitrogens with two attached hydrogens (primary N) is 1. The van der Waals surface area contributed by atoms with Gasteiger partial charge in [-0.2, -0.15) is 0 Å². The van der Waals surface area contributed by atoms with Gasteiger partial charge in [0.1, 0.15) is 0 Å². The van der Waals surface area contributed by atoms with Gasteiger partial charge in [0.05, 0.1) is 11.3 Å². The van der Waals surface area contributed by atoms with Crippen LogP contribution in [0.5, 0.6) is 0 Å². The van der Waals surface area contributed by atoms with Crippen molar-refractivity contribution in [2.24, 2.45) is 33.9 Å². The largest absolute Gasteiger partial charge is 0.404 e. The van der Waals surface area contributed by atoms with E-state index in [1.165, 1.54) is 51.1 Å². The zero-order valence-electron chi connectivity index (χ0n) is 16.5. The first-order valence-corrected chi connectivity index (χ1v) is 10.7. The molecule has 3 N–H and O–H groups in total. The smallest absolute Gasteiger partial charge is 0.254 e. The van der Waals surface area contributed by atoms with Crippen molar-refractivity contribution in [3.05, 3.63) is 35.6 Å². The van der Waals surface area contributed by atoms with Crippen LogP contribution in [0.25, 0.3) is 0 Å². The molecule has 4 nitrogen and oxygen atoms in total. The fourth-order valence-corrected chi connectivity index (χ4v) is 5.85. The van der Waals surface area contributed by atoms with Crippen LogP contribution in [0, 0.1) is 23.2 Å². The standard InChI is InChI=1S/C23H33N3O/c1-25-21(17-7-3-2-4-8-17)20(14-24)22(27)26-15-23-9-5-6-16(12-23)10-18-11-19(18)13-23/h3,7-8,14,16,18-19H,2,4-6,9-13,15,24H2,1H3,(H,26,27). The van der Waals surface area contributed by atoms with Gasteiger partial charge in [0.25, 0.3) is 5.91 Å². The van der Waals surface area contributed by atoms with Gasteiger partial charge >= 0.3 is 0 Å². The van der Waals surface area contributed by atoms with E-state index in [0.29, 0.717) is 16.7 Å². The number of allylic oxidation sites excluding steroid dienone is 4. The highest BCUT2D eigenvalue weighted by Gasteiger charge is 2.50. The van der Waals surface area contributed by atoms with Gasteiger partial charge < -0.3 is 11.1 Å². The van der Waals surface area contributed by atoms with E-state index in [9.17, 15) is 4.79 Å². The summed E-state index contributed by atoms with van der Waals surface area (Å²) in [5, 5.41) is 3.25. The topological polar surface area (TPSA) is 67.5 Å². The van der Waals surface area contributed by atoms with Gasteiger partial charge in [0.2, 0.25) is 0 Å². The lowest BCUT2D eigenvalue weighted by Gasteiger charge is -2.40. The molecule has 2 bridgehead atoms. The molecule has 0 heterocycles. The van der Waals surface area contributed by atoms with Crippen LogP contribution < -0.4 is 11.1 Å². The summed E-state index contributed by atoms with van der Waals surface area (Å²) in [5.41, 5.74) is 8.37. The average molecular weight is 368 g/mol. The maximum atomic E-state index is 13.0. The Bertz CT molecular complexity index is 713. The molecule has 4 aliphatic carbocycles. The highest BCUT2D eigenvalue weighted by Crippen LogP contribution is 2.59. The number of carbonyl (C=O) groups excluding carboxylic acids is 1.